The molecule has 0 aliphatic rings. The van der Waals surface area contributed by atoms with E-state index < -0.39 is 0 Å². The molecule has 0 bridgehead atoms. The summed E-state index contributed by atoms with van der Waals surface area (Å²) in [6, 6.07) is 13.5. The number of nitrogen functional groups attached to an aromatic ring is 1. The van der Waals surface area contributed by atoms with Crippen LogP contribution in [0.5, 0.6) is 5.75 Å². The summed E-state index contributed by atoms with van der Waals surface area (Å²) in [5.74, 6) is 0.752. The van der Waals surface area contributed by atoms with Crippen molar-refractivity contribution < 1.29 is 4.74 Å². The lowest BCUT2D eigenvalue weighted by Crippen LogP contribution is -2.08. The van der Waals surface area contributed by atoms with E-state index in [1.807, 2.05) is 36.4 Å². The van der Waals surface area contributed by atoms with Crippen LogP contribution in [0.15, 0.2) is 42.5 Å². The van der Waals surface area contributed by atoms with Crippen molar-refractivity contribution >= 4 is 23.0 Å². The molecule has 1 unspecified atom stereocenters. The SMILES string of the molecule is COc1ccc(NC(C)c2ccc(Cl)cc2)c(N)c1. The van der Waals surface area contributed by atoms with Crippen molar-refractivity contribution in [3.63, 3.8) is 0 Å². The Hall–Kier alpha value is -1.87. The number of methoxy groups -OCH3 is 1. The molecular weight excluding hydrogens is 260 g/mol. The van der Waals surface area contributed by atoms with Gasteiger partial charge in [-0.05, 0) is 36.8 Å². The van der Waals surface area contributed by atoms with E-state index in [0.717, 1.165) is 22.0 Å². The van der Waals surface area contributed by atoms with Crippen LogP contribution in [0, 0.1) is 0 Å². The average molecular weight is 277 g/mol. The quantitative estimate of drug-likeness (QED) is 0.827. The molecule has 19 heavy (non-hydrogen) atoms. The molecule has 2 rings (SSSR count). The summed E-state index contributed by atoms with van der Waals surface area (Å²) in [7, 11) is 1.62. The van der Waals surface area contributed by atoms with Gasteiger partial charge in [-0.2, -0.15) is 0 Å². The molecule has 0 radical (unpaired) electrons. The molecule has 0 saturated carbocycles. The van der Waals surface area contributed by atoms with Gasteiger partial charge in [-0.1, -0.05) is 23.7 Å². The van der Waals surface area contributed by atoms with Crippen LogP contribution >= 0.6 is 11.6 Å². The largest absolute Gasteiger partial charge is 0.497 e. The van der Waals surface area contributed by atoms with Crippen LogP contribution in [0.1, 0.15) is 18.5 Å². The first kappa shape index (κ1) is 13.6. The molecule has 0 spiro atoms. The predicted octanol–water partition coefficient (Wildman–Crippen LogP) is 4.10. The van der Waals surface area contributed by atoms with Crippen molar-refractivity contribution in [3.8, 4) is 5.75 Å². The minimum absolute atomic E-state index is 0.146. The lowest BCUT2D eigenvalue weighted by molar-refractivity contribution is 0.415. The van der Waals surface area contributed by atoms with Gasteiger partial charge in [-0.3, -0.25) is 0 Å². The highest BCUT2D eigenvalue weighted by atomic mass is 35.5. The van der Waals surface area contributed by atoms with Gasteiger partial charge in [0.1, 0.15) is 5.75 Å². The molecule has 2 aromatic rings. The second-order valence-corrected chi connectivity index (χ2v) is 4.81. The third kappa shape index (κ3) is 3.32. The predicted molar refractivity (Wildman–Crippen MR) is 80.9 cm³/mol. The van der Waals surface area contributed by atoms with E-state index in [2.05, 4.69) is 12.2 Å². The molecule has 0 aliphatic heterocycles. The summed E-state index contributed by atoms with van der Waals surface area (Å²) < 4.78 is 5.13. The Balaban J connectivity index is 2.14. The van der Waals surface area contributed by atoms with Crippen LogP contribution in [0.25, 0.3) is 0 Å². The molecule has 2 aromatic carbocycles. The van der Waals surface area contributed by atoms with E-state index in [1.165, 1.54) is 0 Å². The van der Waals surface area contributed by atoms with Gasteiger partial charge in [-0.15, -0.1) is 0 Å². The third-order valence-corrected chi connectivity index (χ3v) is 3.25. The lowest BCUT2D eigenvalue weighted by atomic mass is 10.1. The average Bonchev–Trinajstić information content (AvgIpc) is 2.41. The minimum Gasteiger partial charge on any atom is -0.497 e. The number of nitrogens with one attached hydrogen (secondary N) is 1. The highest BCUT2D eigenvalue weighted by Crippen LogP contribution is 2.28. The summed E-state index contributed by atoms with van der Waals surface area (Å²) in [6.45, 7) is 2.08. The maximum Gasteiger partial charge on any atom is 0.121 e. The maximum atomic E-state index is 5.98. The van der Waals surface area contributed by atoms with Gasteiger partial charge in [0.05, 0.1) is 18.5 Å². The van der Waals surface area contributed by atoms with Gasteiger partial charge < -0.3 is 15.8 Å². The van der Waals surface area contributed by atoms with Crippen molar-refractivity contribution in [2.24, 2.45) is 0 Å². The van der Waals surface area contributed by atoms with Crippen LogP contribution < -0.4 is 15.8 Å². The molecule has 4 heteroatoms. The van der Waals surface area contributed by atoms with Gasteiger partial charge in [0.2, 0.25) is 0 Å². The zero-order valence-electron chi connectivity index (χ0n) is 11.0. The van der Waals surface area contributed by atoms with Crippen molar-refractivity contribution in [2.45, 2.75) is 13.0 Å². The summed E-state index contributed by atoms with van der Waals surface area (Å²) in [5.41, 5.74) is 8.69. The minimum atomic E-state index is 0.146. The number of anilines is 2. The van der Waals surface area contributed by atoms with Crippen molar-refractivity contribution in [1.29, 1.82) is 0 Å². The zero-order valence-corrected chi connectivity index (χ0v) is 11.7. The molecule has 0 amide bonds. The first-order valence-corrected chi connectivity index (χ1v) is 6.43. The molecule has 0 aliphatic carbocycles. The van der Waals surface area contributed by atoms with Gasteiger partial charge in [0.25, 0.3) is 0 Å². The molecule has 1 atom stereocenters. The van der Waals surface area contributed by atoms with Gasteiger partial charge in [-0.25, -0.2) is 0 Å². The fourth-order valence-electron chi connectivity index (χ4n) is 1.87. The summed E-state index contributed by atoms with van der Waals surface area (Å²) in [4.78, 5) is 0. The van der Waals surface area contributed by atoms with Crippen molar-refractivity contribution in [1.82, 2.24) is 0 Å². The highest BCUT2D eigenvalue weighted by molar-refractivity contribution is 6.30. The van der Waals surface area contributed by atoms with E-state index in [4.69, 9.17) is 22.1 Å². The van der Waals surface area contributed by atoms with Crippen LogP contribution in [-0.4, -0.2) is 7.11 Å². The van der Waals surface area contributed by atoms with Gasteiger partial charge in [0, 0.05) is 17.1 Å². The van der Waals surface area contributed by atoms with Crippen molar-refractivity contribution in [3.05, 3.63) is 53.1 Å². The second kappa shape index (κ2) is 5.85. The number of halogens is 1. The standard InChI is InChI=1S/C15H17ClN2O/c1-10(11-3-5-12(16)6-4-11)18-15-8-7-13(19-2)9-14(15)17/h3-10,18H,17H2,1-2H3. The fraction of sp³-hybridized carbons (Fsp3) is 0.200. The van der Waals surface area contributed by atoms with E-state index in [9.17, 15) is 0 Å². The second-order valence-electron chi connectivity index (χ2n) is 4.37. The van der Waals surface area contributed by atoms with Crippen molar-refractivity contribution in [2.75, 3.05) is 18.2 Å². The smallest absolute Gasteiger partial charge is 0.121 e. The topological polar surface area (TPSA) is 47.3 Å². The van der Waals surface area contributed by atoms with Crippen LogP contribution in [0.2, 0.25) is 5.02 Å². The van der Waals surface area contributed by atoms with Crippen LogP contribution in [-0.2, 0) is 0 Å². The normalized spacial score (nSPS) is 11.9. The Kier molecular flexibility index (Phi) is 4.17. The zero-order chi connectivity index (χ0) is 13.8. The molecule has 100 valence electrons. The maximum absolute atomic E-state index is 5.98. The molecular formula is C15H17ClN2O. The third-order valence-electron chi connectivity index (χ3n) is 3.00. The molecule has 3 nitrogen and oxygen atoms in total. The van der Waals surface area contributed by atoms with Gasteiger partial charge >= 0.3 is 0 Å². The van der Waals surface area contributed by atoms with Crippen LogP contribution in [0.4, 0.5) is 11.4 Å². The van der Waals surface area contributed by atoms with E-state index in [0.29, 0.717) is 5.69 Å². The summed E-state index contributed by atoms with van der Waals surface area (Å²) in [5, 5.41) is 4.11. The van der Waals surface area contributed by atoms with E-state index in [-0.39, 0.29) is 6.04 Å². The molecule has 0 aromatic heterocycles. The first-order chi connectivity index (χ1) is 9.10. The Labute approximate surface area is 118 Å². The Morgan fingerprint density at radius 3 is 2.42 bits per heavy atom. The Morgan fingerprint density at radius 2 is 1.84 bits per heavy atom. The molecule has 3 N–H and O–H groups in total. The first-order valence-electron chi connectivity index (χ1n) is 6.05. The number of hydrogen-bond donors (Lipinski definition) is 2. The Morgan fingerprint density at radius 1 is 1.16 bits per heavy atom. The molecule has 0 fully saturated rings. The highest BCUT2D eigenvalue weighted by Gasteiger charge is 2.08. The molecule has 0 heterocycles. The Bertz CT molecular complexity index is 555. The summed E-state index contributed by atoms with van der Waals surface area (Å²) >= 11 is 5.88. The molecule has 0 saturated heterocycles. The van der Waals surface area contributed by atoms with E-state index in [1.54, 1.807) is 13.2 Å². The number of ether oxygens (including phenoxy) is 1. The lowest BCUT2D eigenvalue weighted by Gasteiger charge is -2.17. The number of rotatable bonds is 4. The monoisotopic (exact) mass is 276 g/mol. The van der Waals surface area contributed by atoms with Crippen LogP contribution in [0.3, 0.4) is 0 Å². The summed E-state index contributed by atoms with van der Waals surface area (Å²) in [6.07, 6.45) is 0. The van der Waals surface area contributed by atoms with Gasteiger partial charge in [0.15, 0.2) is 0 Å². The fourth-order valence-corrected chi connectivity index (χ4v) is 1.99. The number of nitrogens with two attached hydrogens (primary N) is 1. The number of benzene rings is 2. The van der Waals surface area contributed by atoms with E-state index >= 15 is 0 Å². The number of hydrogen-bond acceptors (Lipinski definition) is 3.